The van der Waals surface area contributed by atoms with Crippen LogP contribution in [0.25, 0.3) is 0 Å². The molecule has 2 aromatic carbocycles. The van der Waals surface area contributed by atoms with Crippen molar-refractivity contribution in [2.75, 3.05) is 13.6 Å². The van der Waals surface area contributed by atoms with Crippen molar-refractivity contribution in [3.05, 3.63) is 70.5 Å². The molecule has 1 N–H and O–H groups in total. The molecule has 3 nitrogen and oxygen atoms in total. The largest absolute Gasteiger partial charge is 0.351 e. The Hall–Kier alpha value is -1.91. The molecule has 0 aliphatic heterocycles. The van der Waals surface area contributed by atoms with E-state index >= 15 is 0 Å². The van der Waals surface area contributed by atoms with Crippen LogP contribution >= 0.6 is 11.6 Å². The molecule has 22 heavy (non-hydrogen) atoms. The van der Waals surface area contributed by atoms with E-state index in [-0.39, 0.29) is 18.3 Å². The maximum atomic E-state index is 12.8. The zero-order chi connectivity index (χ0) is 15.9. The van der Waals surface area contributed by atoms with Gasteiger partial charge in [-0.05, 0) is 42.4 Å². The molecule has 0 spiro atoms. The molecule has 1 amide bonds. The minimum atomic E-state index is -0.259. The lowest BCUT2D eigenvalue weighted by molar-refractivity contribution is -0.122. The van der Waals surface area contributed by atoms with Gasteiger partial charge in [0.2, 0.25) is 5.91 Å². The highest BCUT2D eigenvalue weighted by molar-refractivity contribution is 6.30. The fraction of sp³-hybridized carbons (Fsp3) is 0.235. The van der Waals surface area contributed by atoms with Gasteiger partial charge in [-0.15, -0.1) is 0 Å². The molecular weight excluding hydrogens is 303 g/mol. The molecule has 2 aromatic rings. The van der Waals surface area contributed by atoms with E-state index in [9.17, 15) is 9.18 Å². The molecule has 0 aliphatic carbocycles. The normalized spacial score (nSPS) is 10.7. The fourth-order valence-electron chi connectivity index (χ4n) is 2.11. The lowest BCUT2D eigenvalue weighted by Crippen LogP contribution is -2.34. The summed E-state index contributed by atoms with van der Waals surface area (Å²) in [5.74, 6) is -0.324. The average Bonchev–Trinajstić information content (AvgIpc) is 2.47. The van der Waals surface area contributed by atoms with E-state index in [4.69, 9.17) is 11.6 Å². The highest BCUT2D eigenvalue weighted by atomic mass is 35.5. The number of nitrogens with zero attached hydrogens (tertiary/aromatic N) is 1. The van der Waals surface area contributed by atoms with Crippen molar-refractivity contribution in [3.8, 4) is 0 Å². The molecule has 0 bridgehead atoms. The number of benzene rings is 2. The zero-order valence-corrected chi connectivity index (χ0v) is 13.1. The molecule has 0 saturated carbocycles. The summed E-state index contributed by atoms with van der Waals surface area (Å²) in [6.07, 6.45) is 0. The van der Waals surface area contributed by atoms with Gasteiger partial charge < -0.3 is 5.32 Å². The Morgan fingerprint density at radius 1 is 1.18 bits per heavy atom. The predicted octanol–water partition coefficient (Wildman–Crippen LogP) is 3.23. The van der Waals surface area contributed by atoms with Crippen LogP contribution in [-0.2, 0) is 17.9 Å². The summed E-state index contributed by atoms with van der Waals surface area (Å²) in [4.78, 5) is 13.8. The quantitative estimate of drug-likeness (QED) is 0.886. The van der Waals surface area contributed by atoms with Gasteiger partial charge >= 0.3 is 0 Å². The summed E-state index contributed by atoms with van der Waals surface area (Å²) < 4.78 is 12.8. The third-order valence-electron chi connectivity index (χ3n) is 3.16. The standard InChI is InChI=1S/C17H18ClFN2O/c1-21(11-13-5-7-16(19)8-6-13)12-17(22)20-10-14-3-2-4-15(18)9-14/h2-9H,10-12H2,1H3,(H,20,22). The maximum absolute atomic E-state index is 12.8. The van der Waals surface area contributed by atoms with Gasteiger partial charge in [0.1, 0.15) is 5.82 Å². The molecular formula is C17H18ClFN2O. The fourth-order valence-corrected chi connectivity index (χ4v) is 2.32. The van der Waals surface area contributed by atoms with E-state index in [0.717, 1.165) is 11.1 Å². The van der Waals surface area contributed by atoms with Crippen LogP contribution in [0.3, 0.4) is 0 Å². The molecule has 0 unspecified atom stereocenters. The van der Waals surface area contributed by atoms with E-state index in [2.05, 4.69) is 5.32 Å². The smallest absolute Gasteiger partial charge is 0.234 e. The summed E-state index contributed by atoms with van der Waals surface area (Å²) in [5.41, 5.74) is 1.92. The molecule has 0 aromatic heterocycles. The third-order valence-corrected chi connectivity index (χ3v) is 3.39. The minimum Gasteiger partial charge on any atom is -0.351 e. The van der Waals surface area contributed by atoms with Gasteiger partial charge in [-0.25, -0.2) is 4.39 Å². The first kappa shape index (κ1) is 16.5. The van der Waals surface area contributed by atoms with Crippen LogP contribution < -0.4 is 5.32 Å². The molecule has 0 atom stereocenters. The Labute approximate surface area is 134 Å². The van der Waals surface area contributed by atoms with Gasteiger partial charge in [-0.1, -0.05) is 35.9 Å². The first-order valence-corrected chi connectivity index (χ1v) is 7.35. The van der Waals surface area contributed by atoms with E-state index in [1.54, 1.807) is 18.2 Å². The number of nitrogens with one attached hydrogen (secondary N) is 1. The summed E-state index contributed by atoms with van der Waals surface area (Å²) in [6.45, 7) is 1.31. The number of carbonyl (C=O) groups is 1. The van der Waals surface area contributed by atoms with Crippen LogP contribution in [0.4, 0.5) is 4.39 Å². The van der Waals surface area contributed by atoms with Crippen molar-refractivity contribution in [2.45, 2.75) is 13.1 Å². The van der Waals surface area contributed by atoms with Crippen LogP contribution in [0.2, 0.25) is 5.02 Å². The van der Waals surface area contributed by atoms with E-state index < -0.39 is 0 Å². The predicted molar refractivity (Wildman–Crippen MR) is 86.0 cm³/mol. The monoisotopic (exact) mass is 320 g/mol. The van der Waals surface area contributed by atoms with Crippen molar-refractivity contribution in [1.29, 1.82) is 0 Å². The lowest BCUT2D eigenvalue weighted by atomic mass is 10.2. The number of rotatable bonds is 6. The molecule has 116 valence electrons. The zero-order valence-electron chi connectivity index (χ0n) is 12.4. The molecule has 0 radical (unpaired) electrons. The Morgan fingerprint density at radius 2 is 1.91 bits per heavy atom. The molecule has 0 heterocycles. The van der Waals surface area contributed by atoms with E-state index in [1.165, 1.54) is 12.1 Å². The lowest BCUT2D eigenvalue weighted by Gasteiger charge is -2.16. The van der Waals surface area contributed by atoms with Crippen molar-refractivity contribution in [1.82, 2.24) is 10.2 Å². The second-order valence-corrected chi connectivity index (χ2v) is 5.64. The number of hydrogen-bond acceptors (Lipinski definition) is 2. The highest BCUT2D eigenvalue weighted by Gasteiger charge is 2.07. The van der Waals surface area contributed by atoms with Crippen LogP contribution in [0.5, 0.6) is 0 Å². The van der Waals surface area contributed by atoms with E-state index in [0.29, 0.717) is 18.1 Å². The number of carbonyl (C=O) groups excluding carboxylic acids is 1. The molecule has 0 aliphatic rings. The number of amides is 1. The van der Waals surface area contributed by atoms with Gasteiger partial charge in [0, 0.05) is 18.1 Å². The molecule has 0 saturated heterocycles. The van der Waals surface area contributed by atoms with Crippen molar-refractivity contribution in [2.24, 2.45) is 0 Å². The molecule has 5 heteroatoms. The SMILES string of the molecule is CN(CC(=O)NCc1cccc(Cl)c1)Cc1ccc(F)cc1. The van der Waals surface area contributed by atoms with Gasteiger partial charge in [-0.3, -0.25) is 9.69 Å². The Bertz CT molecular complexity index is 631. The third kappa shape index (κ3) is 5.47. The number of likely N-dealkylation sites (N-methyl/N-ethyl adjacent to an activating group) is 1. The second kappa shape index (κ2) is 7.92. The van der Waals surface area contributed by atoms with E-state index in [1.807, 2.05) is 30.1 Å². The number of hydrogen-bond donors (Lipinski definition) is 1. The molecule has 2 rings (SSSR count). The topological polar surface area (TPSA) is 32.3 Å². The molecule has 0 fully saturated rings. The van der Waals surface area contributed by atoms with Crippen molar-refractivity contribution < 1.29 is 9.18 Å². The van der Waals surface area contributed by atoms with Crippen LogP contribution in [-0.4, -0.2) is 24.4 Å². The second-order valence-electron chi connectivity index (χ2n) is 5.21. The first-order chi connectivity index (χ1) is 10.5. The van der Waals surface area contributed by atoms with Crippen molar-refractivity contribution >= 4 is 17.5 Å². The highest BCUT2D eigenvalue weighted by Crippen LogP contribution is 2.10. The van der Waals surface area contributed by atoms with Crippen LogP contribution in [0.15, 0.2) is 48.5 Å². The Kier molecular flexibility index (Phi) is 5.92. The minimum absolute atomic E-state index is 0.0652. The summed E-state index contributed by atoms with van der Waals surface area (Å²) in [5, 5.41) is 3.51. The van der Waals surface area contributed by atoms with Gasteiger partial charge in [0.05, 0.1) is 6.54 Å². The number of halogens is 2. The summed E-state index contributed by atoms with van der Waals surface area (Å²) in [6, 6.07) is 13.7. The average molecular weight is 321 g/mol. The van der Waals surface area contributed by atoms with Gasteiger partial charge in [0.15, 0.2) is 0 Å². The van der Waals surface area contributed by atoms with Gasteiger partial charge in [-0.2, -0.15) is 0 Å². The Balaban J connectivity index is 1.77. The Morgan fingerprint density at radius 3 is 2.59 bits per heavy atom. The van der Waals surface area contributed by atoms with Crippen LogP contribution in [0.1, 0.15) is 11.1 Å². The summed E-state index contributed by atoms with van der Waals surface area (Å²) >= 11 is 5.90. The maximum Gasteiger partial charge on any atom is 0.234 e. The van der Waals surface area contributed by atoms with Gasteiger partial charge in [0.25, 0.3) is 0 Å². The first-order valence-electron chi connectivity index (χ1n) is 6.97. The van der Waals surface area contributed by atoms with Crippen LogP contribution in [0, 0.1) is 5.82 Å². The van der Waals surface area contributed by atoms with Crippen molar-refractivity contribution in [3.63, 3.8) is 0 Å². The summed E-state index contributed by atoms with van der Waals surface area (Å²) in [7, 11) is 1.85.